The van der Waals surface area contributed by atoms with Gasteiger partial charge in [0.15, 0.2) is 23.0 Å². The average molecular weight is 848 g/mol. The Hall–Kier alpha value is -6.26. The molecule has 3 aliphatic rings. The van der Waals surface area contributed by atoms with Gasteiger partial charge < -0.3 is 4.74 Å². The Morgan fingerprint density at radius 1 is 0.672 bits per heavy atom. The van der Waals surface area contributed by atoms with E-state index in [0.29, 0.717) is 22.6 Å². The Labute approximate surface area is 391 Å². The predicted octanol–water partition coefficient (Wildman–Crippen LogP) is 14.5. The van der Waals surface area contributed by atoms with Crippen molar-refractivity contribution in [3.05, 3.63) is 166 Å². The van der Waals surface area contributed by atoms with Gasteiger partial charge in [0.2, 0.25) is 5.69 Å². The Kier molecular flexibility index (Phi) is 6.90. The maximum absolute atomic E-state index is 10.3. The first-order valence-electron chi connectivity index (χ1n) is 26.6. The number of para-hydroxylation sites is 1. The molecule has 0 amide bonds. The van der Waals surface area contributed by atoms with Gasteiger partial charge in [-0.2, -0.15) is 4.57 Å². The molecule has 320 valence electrons. The van der Waals surface area contributed by atoms with Gasteiger partial charge in [-0.05, 0) is 147 Å². The van der Waals surface area contributed by atoms with Gasteiger partial charge in [-0.25, -0.2) is 0 Å². The van der Waals surface area contributed by atoms with Crippen molar-refractivity contribution in [1.82, 2.24) is 4.57 Å². The fraction of sp³-hybridized carbons (Fsp3) is 0.300. The summed E-state index contributed by atoms with van der Waals surface area (Å²) in [5, 5.41) is 0. The molecule has 8 aromatic rings. The molecule has 0 aliphatic carbocycles. The quantitative estimate of drug-likeness (QED) is 0.158. The first kappa shape index (κ1) is 32.4. The van der Waals surface area contributed by atoms with Gasteiger partial charge >= 0.3 is 11.7 Å². The number of hydrogen-bond acceptors (Lipinski definition) is 1. The summed E-state index contributed by atoms with van der Waals surface area (Å²) in [7, 11) is 0. The number of rotatable bonds is 5. The lowest BCUT2D eigenvalue weighted by Gasteiger charge is -2.33. The fourth-order valence-electron chi connectivity index (χ4n) is 10.5. The van der Waals surface area contributed by atoms with Crippen LogP contribution in [0.25, 0.3) is 72.7 Å². The third-order valence-electron chi connectivity index (χ3n) is 13.7. The van der Waals surface area contributed by atoms with E-state index in [9.17, 15) is 11.0 Å². The number of nitrogens with zero attached hydrogens (tertiary/aromatic N) is 3. The molecule has 64 heavy (non-hydrogen) atoms. The van der Waals surface area contributed by atoms with Crippen molar-refractivity contribution in [3.63, 3.8) is 0 Å². The van der Waals surface area contributed by atoms with Gasteiger partial charge in [-0.15, -0.1) is 9.13 Å². The third kappa shape index (κ3) is 5.60. The minimum atomic E-state index is -1.68. The van der Waals surface area contributed by atoms with Crippen LogP contribution in [0.15, 0.2) is 121 Å². The van der Waals surface area contributed by atoms with E-state index in [2.05, 4.69) is 136 Å². The van der Waals surface area contributed by atoms with Gasteiger partial charge in [0.25, 0.3) is 0 Å². The van der Waals surface area contributed by atoms with Gasteiger partial charge in [0.05, 0.1) is 13.8 Å². The van der Waals surface area contributed by atoms with E-state index in [1.165, 1.54) is 5.56 Å². The van der Waals surface area contributed by atoms with Crippen molar-refractivity contribution in [3.8, 4) is 67.5 Å². The zero-order chi connectivity index (χ0) is 52.0. The van der Waals surface area contributed by atoms with E-state index in [0.717, 1.165) is 78.2 Å². The molecule has 1 unspecified atom stereocenters. The number of ether oxygens (including phenoxy) is 1. The monoisotopic (exact) mass is 848 g/mol. The summed E-state index contributed by atoms with van der Waals surface area (Å²) in [6, 6.07) is 26.0. The molecule has 0 N–H and O–H groups in total. The molecule has 2 aromatic heterocycles. The van der Waals surface area contributed by atoms with Crippen LogP contribution in [0.2, 0.25) is 0 Å². The number of hydrogen-bond donors (Lipinski definition) is 0. The van der Waals surface area contributed by atoms with E-state index in [4.69, 9.17) is 4.74 Å². The smallest absolute Gasteiger partial charge is 0.392 e. The topological polar surface area (TPSA) is 21.9 Å². The largest absolute Gasteiger partial charge is 0.499 e. The van der Waals surface area contributed by atoms with Crippen LogP contribution in [0.3, 0.4) is 0 Å². The third-order valence-corrected chi connectivity index (χ3v) is 13.7. The van der Waals surface area contributed by atoms with E-state index in [1.54, 1.807) is 4.57 Å². The Balaban J connectivity index is 1.30. The number of pyridine rings is 1. The van der Waals surface area contributed by atoms with Gasteiger partial charge in [-0.3, -0.25) is 0 Å². The molecule has 1 spiro atoms. The normalized spacial score (nSPS) is 17.7. The maximum atomic E-state index is 10.3. The van der Waals surface area contributed by atoms with Crippen LogP contribution in [0.1, 0.15) is 137 Å². The molecule has 0 radical (unpaired) electrons. The zero-order valence-corrected chi connectivity index (χ0v) is 39.3. The number of fused-ring (bicyclic) bond motifs is 5. The van der Waals surface area contributed by atoms with E-state index in [-0.39, 0.29) is 64.4 Å². The molecule has 5 heterocycles. The lowest BCUT2D eigenvalue weighted by Crippen LogP contribution is -2.78. The second-order valence-electron chi connectivity index (χ2n) is 20.9. The summed E-state index contributed by atoms with van der Waals surface area (Å²) in [6.07, 6.45) is -0.295. The molecule has 3 aliphatic heterocycles. The summed E-state index contributed by atoms with van der Waals surface area (Å²) in [4.78, 5) is 0. The van der Waals surface area contributed by atoms with E-state index in [1.807, 2.05) is 41.5 Å². The van der Waals surface area contributed by atoms with Crippen LogP contribution in [-0.4, -0.2) is 4.57 Å². The highest BCUT2D eigenvalue weighted by molar-refractivity contribution is 5.98. The second-order valence-corrected chi connectivity index (χ2v) is 20.9. The van der Waals surface area contributed by atoms with Crippen LogP contribution in [-0.2, 0) is 16.7 Å². The highest BCUT2D eigenvalue weighted by atomic mass is 16.5. The molecule has 0 saturated carbocycles. The van der Waals surface area contributed by atoms with E-state index < -0.39 is 23.2 Å². The fourth-order valence-corrected chi connectivity index (χ4v) is 10.5. The molecule has 0 bridgehead atoms. The SMILES string of the molecule is [2H]c1c([2H])c(C(C)(C)C)c([2H])c([2H])c1-c1c([2H])c([2H])[n+]2c(c1[2H])-c1cc(C(C)(C)C)cc3c1C21Oc2c(C)cc(C)cc2-c2n(-c4ccc(-c5c(C(C)C)cccc5C([2H])(C)C)cc4C)c4cccc-3c4[n+]21. The first-order chi connectivity index (χ1) is 33.6. The molecule has 0 saturated heterocycles. The molecular weight excluding hydrogens is 779 g/mol. The van der Waals surface area contributed by atoms with Crippen molar-refractivity contribution in [1.29, 1.82) is 0 Å². The highest BCUT2D eigenvalue weighted by Crippen LogP contribution is 2.55. The molecule has 4 heteroatoms. The molecule has 6 aromatic carbocycles. The molecular formula is C60H61N3O+2. The van der Waals surface area contributed by atoms with Crippen LogP contribution >= 0.6 is 0 Å². The zero-order valence-electron chi connectivity index (χ0n) is 47.3. The summed E-state index contributed by atoms with van der Waals surface area (Å²) in [5.74, 6) is -0.895. The Morgan fingerprint density at radius 3 is 2.06 bits per heavy atom. The van der Waals surface area contributed by atoms with Gasteiger partial charge in [0, 0.05) is 24.6 Å². The number of imidazole rings is 1. The second kappa shape index (κ2) is 13.6. The van der Waals surface area contributed by atoms with Gasteiger partial charge in [0.1, 0.15) is 18.2 Å². The standard InChI is InChI=1S/C60H61N3O/c1-34(2)44-16-14-17-45(35(3)4)53(44)41-22-25-50(37(6)30-41)62-51-19-15-18-46-47-32-43(59(11,12)13)33-48-52-31-40(39-20-23-42(24-21-39)58(8,9)10)26-27-61(52)60(54(47)48)63(55(46)51)57(62)49-29-36(5)28-38(7)56(49)64-60/h14-35H,1-13H3/q+2/i20D,21D,23D,24D,26D,27D,31D,34D. The minimum Gasteiger partial charge on any atom is -0.392 e. The van der Waals surface area contributed by atoms with Crippen LogP contribution < -0.4 is 13.9 Å². The lowest BCUT2D eigenvalue weighted by atomic mass is 9.80. The van der Waals surface area contributed by atoms with Gasteiger partial charge in [-0.1, -0.05) is 130 Å². The average Bonchev–Trinajstić information content (AvgIpc) is 3.79. The summed E-state index contributed by atoms with van der Waals surface area (Å²) in [5.41, 5.74) is 14.0. The minimum absolute atomic E-state index is 0.131. The highest BCUT2D eigenvalue weighted by Gasteiger charge is 2.68. The van der Waals surface area contributed by atoms with Crippen molar-refractivity contribution in [2.75, 3.05) is 0 Å². The van der Waals surface area contributed by atoms with Crippen LogP contribution in [0.5, 0.6) is 5.75 Å². The van der Waals surface area contributed by atoms with Crippen LogP contribution in [0.4, 0.5) is 0 Å². The number of aromatic nitrogens is 3. The predicted molar refractivity (Wildman–Crippen MR) is 264 cm³/mol. The molecule has 4 nitrogen and oxygen atoms in total. The maximum Gasteiger partial charge on any atom is 0.499 e. The Bertz CT molecular complexity index is 3740. The lowest BCUT2D eigenvalue weighted by molar-refractivity contribution is -0.997. The first-order valence-corrected chi connectivity index (χ1v) is 22.6. The summed E-state index contributed by atoms with van der Waals surface area (Å²) >= 11 is 0. The molecule has 0 fully saturated rings. The van der Waals surface area contributed by atoms with Crippen LogP contribution in [0, 0.1) is 20.8 Å². The van der Waals surface area contributed by atoms with Crippen molar-refractivity contribution in [2.24, 2.45) is 0 Å². The molecule has 11 rings (SSSR count). The summed E-state index contributed by atoms with van der Waals surface area (Å²) in [6.45, 7) is 26.5. The van der Waals surface area contributed by atoms with Crippen molar-refractivity contribution in [2.45, 2.75) is 118 Å². The summed E-state index contributed by atoms with van der Waals surface area (Å²) < 4.78 is 90.8. The van der Waals surface area contributed by atoms with E-state index >= 15 is 0 Å². The number of aryl methyl sites for hydroxylation is 3. The van der Waals surface area contributed by atoms with Crippen molar-refractivity contribution >= 4 is 11.0 Å². The molecule has 1 atom stereocenters. The number of benzene rings is 6. The van der Waals surface area contributed by atoms with Crippen molar-refractivity contribution < 1.29 is 24.8 Å². The Morgan fingerprint density at radius 2 is 1.38 bits per heavy atom.